The van der Waals surface area contributed by atoms with Crippen molar-refractivity contribution in [2.45, 2.75) is 66.8 Å². The van der Waals surface area contributed by atoms with Crippen molar-refractivity contribution in [1.82, 2.24) is 5.32 Å². The first kappa shape index (κ1) is 16.9. The highest BCUT2D eigenvalue weighted by Gasteiger charge is 2.21. The molecule has 0 rings (SSSR count). The first-order valence-corrected chi connectivity index (χ1v) is 7.03. The van der Waals surface area contributed by atoms with Crippen LogP contribution in [-0.2, 0) is 4.74 Å². The summed E-state index contributed by atoms with van der Waals surface area (Å²) >= 11 is 0. The second-order valence-electron chi connectivity index (χ2n) is 6.97. The van der Waals surface area contributed by atoms with E-state index in [1.54, 1.807) is 0 Å². The van der Waals surface area contributed by atoms with Crippen molar-refractivity contribution in [3.8, 4) is 0 Å². The Hall–Kier alpha value is -0.0800. The zero-order valence-corrected chi connectivity index (χ0v) is 13.0. The molecule has 0 saturated heterocycles. The number of rotatable bonds is 8. The van der Waals surface area contributed by atoms with Gasteiger partial charge in [0.15, 0.2) is 0 Å². The van der Waals surface area contributed by atoms with Crippen LogP contribution in [0.3, 0.4) is 0 Å². The topological polar surface area (TPSA) is 21.3 Å². The summed E-state index contributed by atoms with van der Waals surface area (Å²) in [5.74, 6) is 0.723. The molecule has 0 bridgehead atoms. The molecule has 0 fully saturated rings. The molecule has 17 heavy (non-hydrogen) atoms. The molecule has 0 aromatic heterocycles. The van der Waals surface area contributed by atoms with Gasteiger partial charge < -0.3 is 10.1 Å². The van der Waals surface area contributed by atoms with Crippen LogP contribution >= 0.6 is 0 Å². The molecule has 0 aliphatic carbocycles. The van der Waals surface area contributed by atoms with E-state index in [0.29, 0.717) is 0 Å². The van der Waals surface area contributed by atoms with Gasteiger partial charge in [0, 0.05) is 24.1 Å². The monoisotopic (exact) mass is 243 g/mol. The van der Waals surface area contributed by atoms with Gasteiger partial charge in [-0.1, -0.05) is 40.5 Å². The van der Waals surface area contributed by atoms with Crippen molar-refractivity contribution in [2.75, 3.05) is 19.8 Å². The molecule has 0 heterocycles. The van der Waals surface area contributed by atoms with Gasteiger partial charge in [-0.2, -0.15) is 0 Å². The molecule has 1 N–H and O–H groups in total. The van der Waals surface area contributed by atoms with Crippen LogP contribution in [0, 0.1) is 11.3 Å². The van der Waals surface area contributed by atoms with Gasteiger partial charge in [-0.3, -0.25) is 0 Å². The molecule has 0 unspecified atom stereocenters. The zero-order valence-electron chi connectivity index (χ0n) is 13.0. The Morgan fingerprint density at radius 2 is 1.53 bits per heavy atom. The maximum absolute atomic E-state index is 5.87. The van der Waals surface area contributed by atoms with Gasteiger partial charge >= 0.3 is 0 Å². The highest BCUT2D eigenvalue weighted by atomic mass is 16.5. The maximum Gasteiger partial charge on any atom is 0.0529 e. The van der Waals surface area contributed by atoms with Gasteiger partial charge in [0.05, 0.1) is 6.61 Å². The molecule has 0 amide bonds. The smallest absolute Gasteiger partial charge is 0.0529 e. The third kappa shape index (κ3) is 9.61. The summed E-state index contributed by atoms with van der Waals surface area (Å²) in [5, 5.41) is 3.55. The van der Waals surface area contributed by atoms with Crippen LogP contribution in [0.25, 0.3) is 0 Å². The van der Waals surface area contributed by atoms with Gasteiger partial charge in [-0.05, 0) is 26.7 Å². The molecule has 0 spiro atoms. The number of hydrogen-bond acceptors (Lipinski definition) is 2. The van der Waals surface area contributed by atoms with Crippen LogP contribution in [0.15, 0.2) is 0 Å². The SMILES string of the molecule is CCC(CC)COCC(C)(C)CNC(C)(C)C. The molecule has 0 aliphatic heterocycles. The largest absolute Gasteiger partial charge is 0.381 e. The summed E-state index contributed by atoms with van der Waals surface area (Å²) in [6.07, 6.45) is 2.44. The Morgan fingerprint density at radius 1 is 1.00 bits per heavy atom. The molecule has 0 aromatic rings. The lowest BCUT2D eigenvalue weighted by atomic mass is 9.93. The van der Waals surface area contributed by atoms with E-state index in [9.17, 15) is 0 Å². The van der Waals surface area contributed by atoms with Crippen molar-refractivity contribution < 1.29 is 4.74 Å². The lowest BCUT2D eigenvalue weighted by molar-refractivity contribution is 0.0362. The van der Waals surface area contributed by atoms with E-state index in [-0.39, 0.29) is 11.0 Å². The average molecular weight is 243 g/mol. The van der Waals surface area contributed by atoms with Crippen LogP contribution in [-0.4, -0.2) is 25.3 Å². The lowest BCUT2D eigenvalue weighted by Gasteiger charge is -2.30. The summed E-state index contributed by atoms with van der Waals surface area (Å²) in [6.45, 7) is 18.4. The van der Waals surface area contributed by atoms with Crippen LogP contribution in [0.1, 0.15) is 61.3 Å². The van der Waals surface area contributed by atoms with Gasteiger partial charge in [0.1, 0.15) is 0 Å². The fourth-order valence-corrected chi connectivity index (χ4v) is 1.58. The third-order valence-electron chi connectivity index (χ3n) is 3.10. The van der Waals surface area contributed by atoms with Gasteiger partial charge in [0.2, 0.25) is 0 Å². The summed E-state index contributed by atoms with van der Waals surface area (Å²) < 4.78 is 5.87. The van der Waals surface area contributed by atoms with E-state index in [0.717, 1.165) is 25.7 Å². The number of ether oxygens (including phenoxy) is 1. The maximum atomic E-state index is 5.87. The molecule has 0 atom stereocenters. The molecular formula is C15H33NO. The lowest BCUT2D eigenvalue weighted by Crippen LogP contribution is -2.43. The standard InChI is InChI=1S/C15H33NO/c1-8-13(9-2)10-17-12-15(6,7)11-16-14(3,4)5/h13,16H,8-12H2,1-7H3. The van der Waals surface area contributed by atoms with E-state index in [2.05, 4.69) is 53.8 Å². The first-order valence-electron chi connectivity index (χ1n) is 7.03. The van der Waals surface area contributed by atoms with E-state index < -0.39 is 0 Å². The van der Waals surface area contributed by atoms with E-state index in [1.165, 1.54) is 12.8 Å². The van der Waals surface area contributed by atoms with E-state index in [4.69, 9.17) is 4.74 Å². The van der Waals surface area contributed by atoms with Gasteiger partial charge in [-0.25, -0.2) is 0 Å². The molecule has 104 valence electrons. The Morgan fingerprint density at radius 3 is 1.94 bits per heavy atom. The molecule has 2 nitrogen and oxygen atoms in total. The van der Waals surface area contributed by atoms with Crippen molar-refractivity contribution in [3.05, 3.63) is 0 Å². The number of nitrogens with one attached hydrogen (secondary N) is 1. The second-order valence-corrected chi connectivity index (χ2v) is 6.97. The predicted molar refractivity (Wildman–Crippen MR) is 76.4 cm³/mol. The quantitative estimate of drug-likeness (QED) is 0.699. The highest BCUT2D eigenvalue weighted by molar-refractivity contribution is 4.78. The number of hydrogen-bond donors (Lipinski definition) is 1. The zero-order chi connectivity index (χ0) is 13.5. The minimum absolute atomic E-state index is 0.187. The normalized spacial score (nSPS) is 13.4. The first-order chi connectivity index (χ1) is 7.70. The highest BCUT2D eigenvalue weighted by Crippen LogP contribution is 2.17. The average Bonchev–Trinajstić information content (AvgIpc) is 2.21. The van der Waals surface area contributed by atoms with Crippen LogP contribution in [0.5, 0.6) is 0 Å². The Balaban J connectivity index is 3.85. The minimum atomic E-state index is 0.187. The van der Waals surface area contributed by atoms with Crippen LogP contribution in [0.4, 0.5) is 0 Å². The molecule has 0 aliphatic rings. The van der Waals surface area contributed by atoms with E-state index >= 15 is 0 Å². The van der Waals surface area contributed by atoms with Crippen molar-refractivity contribution in [2.24, 2.45) is 11.3 Å². The predicted octanol–water partition coefficient (Wildman–Crippen LogP) is 3.85. The minimum Gasteiger partial charge on any atom is -0.381 e. The van der Waals surface area contributed by atoms with Crippen molar-refractivity contribution in [1.29, 1.82) is 0 Å². The Kier molecular flexibility index (Phi) is 7.34. The summed E-state index contributed by atoms with van der Waals surface area (Å²) in [4.78, 5) is 0. The van der Waals surface area contributed by atoms with E-state index in [1.807, 2.05) is 0 Å². The van der Waals surface area contributed by atoms with Crippen LogP contribution in [0.2, 0.25) is 0 Å². The second kappa shape index (κ2) is 7.38. The van der Waals surface area contributed by atoms with Crippen molar-refractivity contribution >= 4 is 0 Å². The van der Waals surface area contributed by atoms with Crippen molar-refractivity contribution in [3.63, 3.8) is 0 Å². The molecule has 0 saturated carbocycles. The summed E-state index contributed by atoms with van der Waals surface area (Å²) in [7, 11) is 0. The Bertz CT molecular complexity index is 190. The van der Waals surface area contributed by atoms with Gasteiger partial charge in [-0.15, -0.1) is 0 Å². The molecule has 0 radical (unpaired) electrons. The molecule has 0 aromatic carbocycles. The van der Waals surface area contributed by atoms with Gasteiger partial charge in [0.25, 0.3) is 0 Å². The molecule has 2 heteroatoms. The Labute approximate surface area is 109 Å². The summed E-state index contributed by atoms with van der Waals surface area (Å²) in [6, 6.07) is 0. The molecular weight excluding hydrogens is 210 g/mol. The fourth-order valence-electron chi connectivity index (χ4n) is 1.58. The third-order valence-corrected chi connectivity index (χ3v) is 3.10. The van der Waals surface area contributed by atoms with Crippen LogP contribution < -0.4 is 5.32 Å². The fraction of sp³-hybridized carbons (Fsp3) is 1.00. The summed E-state index contributed by atoms with van der Waals surface area (Å²) in [5.41, 5.74) is 0.395.